The van der Waals surface area contributed by atoms with Crippen LogP contribution in [0.3, 0.4) is 0 Å². The lowest BCUT2D eigenvalue weighted by Crippen LogP contribution is -2.52. The molecule has 0 bridgehead atoms. The largest absolute Gasteiger partial charge is 0.497 e. The third-order valence-corrected chi connectivity index (χ3v) is 8.22. The predicted octanol–water partition coefficient (Wildman–Crippen LogP) is 4.09. The zero-order chi connectivity index (χ0) is 27.3. The quantitative estimate of drug-likeness (QED) is 0.420. The van der Waals surface area contributed by atoms with Crippen molar-refractivity contribution in [1.82, 2.24) is 10.2 Å². The van der Waals surface area contributed by atoms with Gasteiger partial charge in [-0.1, -0.05) is 61.4 Å². The molecule has 0 radical (unpaired) electrons. The minimum atomic E-state index is -3.82. The zero-order valence-electron chi connectivity index (χ0n) is 22.1. The topological polar surface area (TPSA) is 96.0 Å². The van der Waals surface area contributed by atoms with Crippen molar-refractivity contribution in [2.45, 2.75) is 51.2 Å². The molecule has 0 aromatic heterocycles. The van der Waals surface area contributed by atoms with Crippen LogP contribution in [-0.4, -0.2) is 57.1 Å². The number of fused-ring (bicyclic) bond motifs is 1. The maximum Gasteiger partial charge on any atom is 0.244 e. The van der Waals surface area contributed by atoms with Crippen molar-refractivity contribution in [3.05, 3.63) is 72.3 Å². The summed E-state index contributed by atoms with van der Waals surface area (Å²) < 4.78 is 32.3. The molecule has 1 fully saturated rings. The Morgan fingerprint density at radius 2 is 1.66 bits per heavy atom. The lowest BCUT2D eigenvalue weighted by atomic mass is 10.1. The monoisotopic (exact) mass is 537 g/mol. The van der Waals surface area contributed by atoms with Gasteiger partial charge < -0.3 is 15.0 Å². The number of benzene rings is 3. The van der Waals surface area contributed by atoms with E-state index in [1.54, 1.807) is 38.3 Å². The number of carbonyl (C=O) groups is 2. The van der Waals surface area contributed by atoms with Crippen molar-refractivity contribution in [1.29, 1.82) is 0 Å². The molecule has 0 spiro atoms. The molecule has 1 aliphatic carbocycles. The average molecular weight is 538 g/mol. The highest BCUT2D eigenvalue weighted by Gasteiger charge is 2.31. The predicted molar refractivity (Wildman–Crippen MR) is 150 cm³/mol. The highest BCUT2D eigenvalue weighted by Crippen LogP contribution is 2.29. The number of hydrogen-bond donors (Lipinski definition) is 1. The Morgan fingerprint density at radius 3 is 2.32 bits per heavy atom. The Labute approximate surface area is 224 Å². The maximum atomic E-state index is 13.8. The minimum Gasteiger partial charge on any atom is -0.497 e. The molecule has 1 aliphatic rings. The number of nitrogens with zero attached hydrogens (tertiary/aromatic N) is 2. The third-order valence-electron chi connectivity index (χ3n) is 7.10. The van der Waals surface area contributed by atoms with Crippen LogP contribution in [-0.2, 0) is 26.2 Å². The molecule has 0 unspecified atom stereocenters. The Morgan fingerprint density at radius 1 is 1.00 bits per heavy atom. The summed E-state index contributed by atoms with van der Waals surface area (Å²) in [6.45, 7) is 1.41. The molecule has 3 aromatic carbocycles. The molecular weight excluding hydrogens is 502 g/mol. The fourth-order valence-electron chi connectivity index (χ4n) is 4.92. The summed E-state index contributed by atoms with van der Waals surface area (Å²) in [4.78, 5) is 28.5. The zero-order valence-corrected chi connectivity index (χ0v) is 22.9. The number of ether oxygens (including phenoxy) is 1. The van der Waals surface area contributed by atoms with E-state index in [4.69, 9.17) is 4.74 Å². The minimum absolute atomic E-state index is 0.103. The first-order valence-electron chi connectivity index (χ1n) is 12.9. The molecule has 0 aliphatic heterocycles. The van der Waals surface area contributed by atoms with Crippen molar-refractivity contribution in [2.24, 2.45) is 0 Å². The highest BCUT2D eigenvalue weighted by molar-refractivity contribution is 7.92. The first kappa shape index (κ1) is 27.4. The second kappa shape index (κ2) is 11.9. The number of nitrogens with one attached hydrogen (secondary N) is 1. The molecule has 202 valence electrons. The van der Waals surface area contributed by atoms with Gasteiger partial charge in [0, 0.05) is 18.0 Å². The molecule has 1 N–H and O–H groups in total. The number of rotatable bonds is 10. The SMILES string of the molecule is COc1ccc(CN(C(=O)CN(c2cccc3ccccc23)S(C)(=O)=O)[C@H](C)C(=O)NC2CCCC2)cc1. The van der Waals surface area contributed by atoms with Crippen LogP contribution in [0.15, 0.2) is 66.7 Å². The van der Waals surface area contributed by atoms with Gasteiger partial charge in [0.25, 0.3) is 0 Å². The Balaban J connectivity index is 1.65. The maximum absolute atomic E-state index is 13.8. The first-order valence-corrected chi connectivity index (χ1v) is 14.7. The van der Waals surface area contributed by atoms with Gasteiger partial charge in [0.1, 0.15) is 18.3 Å². The Hall–Kier alpha value is -3.59. The van der Waals surface area contributed by atoms with Crippen molar-refractivity contribution >= 4 is 38.3 Å². The molecule has 3 aromatic rings. The van der Waals surface area contributed by atoms with Gasteiger partial charge in [0.2, 0.25) is 21.8 Å². The number of methoxy groups -OCH3 is 1. The molecule has 9 heteroatoms. The second-order valence-electron chi connectivity index (χ2n) is 9.80. The summed E-state index contributed by atoms with van der Waals surface area (Å²) in [7, 11) is -2.24. The van der Waals surface area contributed by atoms with E-state index in [2.05, 4.69) is 5.32 Å². The fraction of sp³-hybridized carbons (Fsp3) is 0.379. The van der Waals surface area contributed by atoms with Gasteiger partial charge in [-0.2, -0.15) is 0 Å². The Bertz CT molecular complexity index is 1380. The number of amides is 2. The van der Waals surface area contributed by atoms with Crippen molar-refractivity contribution in [3.8, 4) is 5.75 Å². The van der Waals surface area contributed by atoms with Gasteiger partial charge in [-0.25, -0.2) is 8.42 Å². The summed E-state index contributed by atoms with van der Waals surface area (Å²) in [5.41, 5.74) is 1.22. The molecule has 0 heterocycles. The molecule has 8 nitrogen and oxygen atoms in total. The molecule has 38 heavy (non-hydrogen) atoms. The number of anilines is 1. The molecule has 1 saturated carbocycles. The van der Waals surface area contributed by atoms with Crippen LogP contribution < -0.4 is 14.4 Å². The lowest BCUT2D eigenvalue weighted by molar-refractivity contribution is -0.139. The van der Waals surface area contributed by atoms with Gasteiger partial charge in [-0.15, -0.1) is 0 Å². The van der Waals surface area contributed by atoms with Crippen LogP contribution in [0.1, 0.15) is 38.2 Å². The summed E-state index contributed by atoms with van der Waals surface area (Å²) in [5, 5.41) is 4.66. The van der Waals surface area contributed by atoms with Crippen molar-refractivity contribution in [3.63, 3.8) is 0 Å². The van der Waals surface area contributed by atoms with E-state index < -0.39 is 28.5 Å². The van der Waals surface area contributed by atoms with E-state index in [0.717, 1.165) is 52.6 Å². The fourth-order valence-corrected chi connectivity index (χ4v) is 5.78. The van der Waals surface area contributed by atoms with E-state index in [0.29, 0.717) is 11.4 Å². The molecular formula is C29H35N3O5S. The van der Waals surface area contributed by atoms with Crippen LogP contribution in [0.25, 0.3) is 10.8 Å². The van der Waals surface area contributed by atoms with Crippen LogP contribution in [0.4, 0.5) is 5.69 Å². The van der Waals surface area contributed by atoms with Crippen molar-refractivity contribution < 1.29 is 22.7 Å². The van der Waals surface area contributed by atoms with Gasteiger partial charge in [-0.05, 0) is 48.9 Å². The second-order valence-corrected chi connectivity index (χ2v) is 11.7. The van der Waals surface area contributed by atoms with Crippen LogP contribution in [0, 0.1) is 0 Å². The Kier molecular flexibility index (Phi) is 8.56. The molecule has 4 rings (SSSR count). The van der Waals surface area contributed by atoms with E-state index in [1.807, 2.05) is 42.5 Å². The average Bonchev–Trinajstić information content (AvgIpc) is 3.42. The van der Waals surface area contributed by atoms with Gasteiger partial charge >= 0.3 is 0 Å². The van der Waals surface area contributed by atoms with Crippen LogP contribution in [0.5, 0.6) is 5.75 Å². The summed E-state index contributed by atoms with van der Waals surface area (Å²) in [5.74, 6) is -0.0269. The standard InChI is InChI=1S/C29H35N3O5S/c1-21(29(34)30-24-11-5-6-12-24)31(19-22-15-17-25(37-2)18-16-22)28(33)20-32(38(3,35)36)27-14-8-10-23-9-4-7-13-26(23)27/h4,7-10,13-18,21,24H,5-6,11-12,19-20H2,1-3H3,(H,30,34)/t21-/m1/s1. The van der Waals surface area contributed by atoms with E-state index in [1.165, 1.54) is 4.90 Å². The van der Waals surface area contributed by atoms with Crippen molar-refractivity contribution in [2.75, 3.05) is 24.2 Å². The summed E-state index contributed by atoms with van der Waals surface area (Å²) in [6, 6.07) is 19.4. The third kappa shape index (κ3) is 6.45. The van der Waals surface area contributed by atoms with Gasteiger partial charge in [0.15, 0.2) is 0 Å². The smallest absolute Gasteiger partial charge is 0.244 e. The highest BCUT2D eigenvalue weighted by atomic mass is 32.2. The van der Waals surface area contributed by atoms with E-state index in [9.17, 15) is 18.0 Å². The first-order chi connectivity index (χ1) is 18.2. The molecule has 1 atom stereocenters. The number of carbonyl (C=O) groups excluding carboxylic acids is 2. The summed E-state index contributed by atoms with van der Waals surface area (Å²) >= 11 is 0. The number of sulfonamides is 1. The molecule has 0 saturated heterocycles. The molecule has 2 amide bonds. The number of hydrogen-bond acceptors (Lipinski definition) is 5. The van der Waals surface area contributed by atoms with Crippen LogP contribution in [0.2, 0.25) is 0 Å². The van der Waals surface area contributed by atoms with E-state index in [-0.39, 0.29) is 18.5 Å². The van der Waals surface area contributed by atoms with Gasteiger partial charge in [0.05, 0.1) is 19.1 Å². The lowest BCUT2D eigenvalue weighted by Gasteiger charge is -2.32. The van der Waals surface area contributed by atoms with E-state index >= 15 is 0 Å². The summed E-state index contributed by atoms with van der Waals surface area (Å²) in [6.07, 6.45) is 5.08. The van der Waals surface area contributed by atoms with Gasteiger partial charge in [-0.3, -0.25) is 13.9 Å². The normalized spacial score (nSPS) is 14.7. The van der Waals surface area contributed by atoms with Crippen LogP contribution >= 0.6 is 0 Å².